The number of hydrogen-bond acceptors (Lipinski definition) is 2. The highest BCUT2D eigenvalue weighted by Crippen LogP contribution is 2.26. The Labute approximate surface area is 96.6 Å². The number of ether oxygens (including phenoxy) is 1. The maximum atomic E-state index is 13.8. The van der Waals surface area contributed by atoms with Gasteiger partial charge < -0.3 is 4.74 Å². The first-order valence-electron chi connectivity index (χ1n) is 4.65. The molecular formula is C11H12BrFO2. The van der Waals surface area contributed by atoms with Gasteiger partial charge in [0.15, 0.2) is 0 Å². The van der Waals surface area contributed by atoms with Crippen molar-refractivity contribution in [2.24, 2.45) is 0 Å². The van der Waals surface area contributed by atoms with Crippen LogP contribution in [0.2, 0.25) is 0 Å². The Morgan fingerprint density at radius 2 is 2.07 bits per heavy atom. The molecule has 0 N–H and O–H groups in total. The summed E-state index contributed by atoms with van der Waals surface area (Å²) in [6.45, 7) is 1.81. The summed E-state index contributed by atoms with van der Waals surface area (Å²) in [6.07, 6.45) is -0.0350. The molecule has 0 aromatic heterocycles. The molecule has 0 spiro atoms. The fourth-order valence-corrected chi connectivity index (χ4v) is 1.60. The van der Waals surface area contributed by atoms with Crippen LogP contribution in [0.25, 0.3) is 0 Å². The van der Waals surface area contributed by atoms with Crippen molar-refractivity contribution in [1.82, 2.24) is 0 Å². The van der Waals surface area contributed by atoms with Gasteiger partial charge in [-0.05, 0) is 28.4 Å². The van der Waals surface area contributed by atoms with Crippen LogP contribution in [-0.4, -0.2) is 17.2 Å². The van der Waals surface area contributed by atoms with Crippen molar-refractivity contribution in [2.45, 2.75) is 17.9 Å². The van der Waals surface area contributed by atoms with Crippen LogP contribution in [0.1, 0.15) is 12.5 Å². The minimum Gasteiger partial charge on any atom is -0.463 e. The average Bonchev–Trinajstić information content (AvgIpc) is 2.19. The number of alkyl halides is 2. The maximum absolute atomic E-state index is 13.8. The Hall–Kier alpha value is -0.900. The zero-order chi connectivity index (χ0) is 11.3. The van der Waals surface area contributed by atoms with Crippen molar-refractivity contribution in [1.29, 1.82) is 0 Å². The molecule has 0 bridgehead atoms. The van der Waals surface area contributed by atoms with Gasteiger partial charge in [-0.2, -0.15) is 0 Å². The SMILES string of the molecule is CCOC(=O)C(F)(Br)Cc1ccccc1. The maximum Gasteiger partial charge on any atom is 0.355 e. The molecule has 0 saturated carbocycles. The molecule has 15 heavy (non-hydrogen) atoms. The third-order valence-corrected chi connectivity index (χ3v) is 2.45. The van der Waals surface area contributed by atoms with Crippen molar-refractivity contribution in [3.63, 3.8) is 0 Å². The largest absolute Gasteiger partial charge is 0.463 e. The third-order valence-electron chi connectivity index (χ3n) is 1.84. The number of esters is 1. The summed E-state index contributed by atoms with van der Waals surface area (Å²) in [5, 5.41) is 0. The summed E-state index contributed by atoms with van der Waals surface area (Å²) < 4.78 is 16.3. The second-order valence-corrected chi connectivity index (χ2v) is 4.34. The first-order valence-corrected chi connectivity index (χ1v) is 5.44. The van der Waals surface area contributed by atoms with Crippen LogP contribution in [0, 0.1) is 0 Å². The molecule has 2 nitrogen and oxygen atoms in total. The fourth-order valence-electron chi connectivity index (χ4n) is 1.16. The number of benzene rings is 1. The van der Waals surface area contributed by atoms with E-state index in [4.69, 9.17) is 0 Å². The predicted molar refractivity (Wildman–Crippen MR) is 59.5 cm³/mol. The van der Waals surface area contributed by atoms with Gasteiger partial charge in [0.1, 0.15) is 0 Å². The zero-order valence-electron chi connectivity index (χ0n) is 8.37. The van der Waals surface area contributed by atoms with Gasteiger partial charge in [-0.3, -0.25) is 0 Å². The van der Waals surface area contributed by atoms with Crippen LogP contribution in [0.3, 0.4) is 0 Å². The lowest BCUT2D eigenvalue weighted by Crippen LogP contribution is -2.31. The van der Waals surface area contributed by atoms with E-state index in [2.05, 4.69) is 20.7 Å². The molecule has 0 fully saturated rings. The Morgan fingerprint density at radius 3 is 2.60 bits per heavy atom. The second-order valence-electron chi connectivity index (χ2n) is 3.09. The highest BCUT2D eigenvalue weighted by Gasteiger charge is 2.37. The molecule has 1 aromatic carbocycles. The number of carbonyl (C=O) groups is 1. The van der Waals surface area contributed by atoms with Crippen LogP contribution in [0.5, 0.6) is 0 Å². The molecule has 0 amide bonds. The quantitative estimate of drug-likeness (QED) is 0.624. The summed E-state index contributed by atoms with van der Waals surface area (Å²) in [5.41, 5.74) is 0.741. The molecule has 0 saturated heterocycles. The van der Waals surface area contributed by atoms with Gasteiger partial charge in [0.2, 0.25) is 0 Å². The van der Waals surface area contributed by atoms with E-state index in [0.717, 1.165) is 5.56 Å². The van der Waals surface area contributed by atoms with Crippen molar-refractivity contribution < 1.29 is 13.9 Å². The van der Waals surface area contributed by atoms with Gasteiger partial charge in [-0.25, -0.2) is 9.18 Å². The summed E-state index contributed by atoms with van der Waals surface area (Å²) in [5.74, 6) is -0.881. The average molecular weight is 275 g/mol. The van der Waals surface area contributed by atoms with Crippen LogP contribution in [0.4, 0.5) is 4.39 Å². The molecule has 1 aromatic rings. The minimum absolute atomic E-state index is 0.0350. The molecule has 82 valence electrons. The highest BCUT2D eigenvalue weighted by molar-refractivity contribution is 9.10. The standard InChI is InChI=1S/C11H12BrFO2/c1-2-15-10(14)11(12,13)8-9-6-4-3-5-7-9/h3-7H,2,8H2,1H3. The third kappa shape index (κ3) is 3.63. The number of hydrogen-bond donors (Lipinski definition) is 0. The van der Waals surface area contributed by atoms with Gasteiger partial charge in [-0.15, -0.1) is 0 Å². The van der Waals surface area contributed by atoms with Crippen LogP contribution >= 0.6 is 15.9 Å². The van der Waals surface area contributed by atoms with E-state index in [1.165, 1.54) is 0 Å². The highest BCUT2D eigenvalue weighted by atomic mass is 79.9. The molecule has 0 heterocycles. The van der Waals surface area contributed by atoms with E-state index in [0.29, 0.717) is 0 Å². The molecule has 1 atom stereocenters. The van der Waals surface area contributed by atoms with Gasteiger partial charge in [-0.1, -0.05) is 30.3 Å². The van der Waals surface area contributed by atoms with Crippen LogP contribution < -0.4 is 0 Å². The normalized spacial score (nSPS) is 14.3. The van der Waals surface area contributed by atoms with Crippen LogP contribution in [0.15, 0.2) is 30.3 Å². The summed E-state index contributed by atoms with van der Waals surface area (Å²) in [7, 11) is 0. The topological polar surface area (TPSA) is 26.3 Å². The lowest BCUT2D eigenvalue weighted by Gasteiger charge is -2.16. The Bertz CT molecular complexity index is 325. The first kappa shape index (κ1) is 12.2. The van der Waals surface area contributed by atoms with Gasteiger partial charge >= 0.3 is 5.97 Å². The van der Waals surface area contributed by atoms with Gasteiger partial charge in [0, 0.05) is 6.42 Å². The predicted octanol–water partition coefficient (Wildman–Crippen LogP) is 2.85. The molecule has 0 aliphatic rings. The molecule has 0 aliphatic heterocycles. The number of carbonyl (C=O) groups excluding carboxylic acids is 1. The van der Waals surface area contributed by atoms with Crippen molar-refractivity contribution in [3.05, 3.63) is 35.9 Å². The molecule has 1 unspecified atom stereocenters. The summed E-state index contributed by atoms with van der Waals surface area (Å²) in [6, 6.07) is 8.94. The van der Waals surface area contributed by atoms with E-state index in [1.807, 2.05) is 6.07 Å². The Kier molecular flexibility index (Phi) is 4.27. The van der Waals surface area contributed by atoms with Crippen LogP contribution in [-0.2, 0) is 16.0 Å². The van der Waals surface area contributed by atoms with Crippen molar-refractivity contribution in [3.8, 4) is 0 Å². The lowest BCUT2D eigenvalue weighted by atomic mass is 10.1. The lowest BCUT2D eigenvalue weighted by molar-refractivity contribution is -0.150. The second kappa shape index (κ2) is 5.26. The van der Waals surface area contributed by atoms with E-state index in [9.17, 15) is 9.18 Å². The summed E-state index contributed by atoms with van der Waals surface area (Å²) in [4.78, 5) is 11.2. The van der Waals surface area contributed by atoms with E-state index in [1.54, 1.807) is 31.2 Å². The fraction of sp³-hybridized carbons (Fsp3) is 0.364. The Balaban J connectivity index is 2.68. The molecule has 0 radical (unpaired) electrons. The number of rotatable bonds is 4. The van der Waals surface area contributed by atoms with Gasteiger partial charge in [0.05, 0.1) is 6.61 Å². The molecule has 1 rings (SSSR count). The van der Waals surface area contributed by atoms with Crippen molar-refractivity contribution in [2.75, 3.05) is 6.61 Å². The number of halogens is 2. The first-order chi connectivity index (χ1) is 7.06. The molecule has 0 aliphatic carbocycles. The zero-order valence-corrected chi connectivity index (χ0v) is 9.96. The van der Waals surface area contributed by atoms with E-state index in [-0.39, 0.29) is 13.0 Å². The molecule has 4 heteroatoms. The minimum atomic E-state index is -2.13. The van der Waals surface area contributed by atoms with E-state index >= 15 is 0 Å². The monoisotopic (exact) mass is 274 g/mol. The smallest absolute Gasteiger partial charge is 0.355 e. The summed E-state index contributed by atoms with van der Waals surface area (Å²) >= 11 is 2.74. The Morgan fingerprint density at radius 1 is 1.47 bits per heavy atom. The van der Waals surface area contributed by atoms with E-state index < -0.39 is 10.5 Å². The van der Waals surface area contributed by atoms with Gasteiger partial charge in [0.25, 0.3) is 4.58 Å². The van der Waals surface area contributed by atoms with Crippen molar-refractivity contribution >= 4 is 21.9 Å². The molecular weight excluding hydrogens is 263 g/mol.